The van der Waals surface area contributed by atoms with Crippen molar-refractivity contribution < 1.29 is 13.2 Å². The minimum Gasteiger partial charge on any atom is -0.369 e. The third-order valence-electron chi connectivity index (χ3n) is 3.41. The van der Waals surface area contributed by atoms with E-state index in [1.807, 2.05) is 7.05 Å². The first-order chi connectivity index (χ1) is 9.28. The van der Waals surface area contributed by atoms with Gasteiger partial charge in [-0.25, -0.2) is 8.42 Å². The third-order valence-corrected chi connectivity index (χ3v) is 6.40. The number of carbonyl (C=O) groups excluding carboxylic acids is 1. The molecule has 1 saturated heterocycles. The highest BCUT2D eigenvalue weighted by molar-refractivity contribution is 8.00. The molecule has 1 aliphatic heterocycles. The predicted molar refractivity (Wildman–Crippen MR) is 76.0 cm³/mol. The molecule has 1 aromatic rings. The van der Waals surface area contributed by atoms with Gasteiger partial charge in [-0.2, -0.15) is 0 Å². The first-order valence-electron chi connectivity index (χ1n) is 6.33. The van der Waals surface area contributed by atoms with Crippen LogP contribution in [0.5, 0.6) is 0 Å². The van der Waals surface area contributed by atoms with Crippen LogP contribution in [-0.4, -0.2) is 45.8 Å². The van der Waals surface area contributed by atoms with E-state index in [0.29, 0.717) is 18.0 Å². The summed E-state index contributed by atoms with van der Waals surface area (Å²) < 4.78 is 24.7. The van der Waals surface area contributed by atoms with Crippen LogP contribution in [-0.2, 0) is 28.1 Å². The van der Waals surface area contributed by atoms with Gasteiger partial charge in [-0.15, -0.1) is 10.2 Å². The molecule has 0 aliphatic carbocycles. The van der Waals surface area contributed by atoms with E-state index in [1.54, 1.807) is 11.5 Å². The minimum absolute atomic E-state index is 0.106. The lowest BCUT2D eigenvalue weighted by Crippen LogP contribution is -2.23. The van der Waals surface area contributed by atoms with Gasteiger partial charge < -0.3 is 10.3 Å². The van der Waals surface area contributed by atoms with Crippen LogP contribution in [0.1, 0.15) is 19.2 Å². The summed E-state index contributed by atoms with van der Waals surface area (Å²) in [5, 5.41) is 8.36. The molecule has 7 nitrogen and oxygen atoms in total. The molecule has 0 bridgehead atoms. The van der Waals surface area contributed by atoms with Crippen molar-refractivity contribution in [3.8, 4) is 0 Å². The number of primary amides is 1. The maximum atomic E-state index is 11.4. The molecular formula is C11H18N4O3S2. The Morgan fingerprint density at radius 1 is 1.55 bits per heavy atom. The van der Waals surface area contributed by atoms with Gasteiger partial charge in [-0.1, -0.05) is 11.8 Å². The number of nitrogens with two attached hydrogens (primary N) is 1. The van der Waals surface area contributed by atoms with Crippen molar-refractivity contribution in [2.45, 2.75) is 30.2 Å². The Balaban J connectivity index is 2.04. The van der Waals surface area contributed by atoms with Gasteiger partial charge in [0.25, 0.3) is 0 Å². The fourth-order valence-corrected chi connectivity index (χ4v) is 4.78. The molecule has 2 atom stereocenters. The van der Waals surface area contributed by atoms with Crippen LogP contribution in [0, 0.1) is 5.92 Å². The molecule has 1 fully saturated rings. The largest absolute Gasteiger partial charge is 0.369 e. The van der Waals surface area contributed by atoms with Gasteiger partial charge in [0.15, 0.2) is 15.0 Å². The molecule has 2 rings (SSSR count). The van der Waals surface area contributed by atoms with Crippen LogP contribution in [0.3, 0.4) is 0 Å². The highest BCUT2D eigenvalue weighted by Crippen LogP contribution is 2.25. The number of sulfone groups is 1. The fraction of sp³-hybridized carbons (Fsp3) is 0.727. The molecule has 0 spiro atoms. The quantitative estimate of drug-likeness (QED) is 0.751. The summed E-state index contributed by atoms with van der Waals surface area (Å²) in [5.41, 5.74) is 5.22. The molecule has 112 valence electrons. The normalized spacial score (nSPS) is 22.8. The van der Waals surface area contributed by atoms with E-state index in [0.717, 1.165) is 5.82 Å². The summed E-state index contributed by atoms with van der Waals surface area (Å²) in [4.78, 5) is 11.0. The summed E-state index contributed by atoms with van der Waals surface area (Å²) in [6.45, 7) is 1.71. The Morgan fingerprint density at radius 2 is 2.25 bits per heavy atom. The highest BCUT2D eigenvalue weighted by atomic mass is 32.2. The first kappa shape index (κ1) is 15.3. The second-order valence-electron chi connectivity index (χ2n) is 5.09. The number of aromatic nitrogens is 3. The van der Waals surface area contributed by atoms with Crippen LogP contribution in [0.25, 0.3) is 0 Å². The number of amides is 1. The standard InChI is InChI=1S/C11H18N4O3S2/c1-7(10(12)16)19-11-14-13-9(15(11)2)5-8-3-4-20(17,18)6-8/h7-8H,3-6H2,1-2H3,(H2,12,16)/t7-,8-/m1/s1. The van der Waals surface area contributed by atoms with E-state index in [4.69, 9.17) is 5.73 Å². The maximum Gasteiger partial charge on any atom is 0.230 e. The van der Waals surface area contributed by atoms with Gasteiger partial charge >= 0.3 is 0 Å². The molecule has 0 unspecified atom stereocenters. The molecule has 1 aliphatic rings. The number of thioether (sulfide) groups is 1. The average Bonchev–Trinajstić information content (AvgIpc) is 2.86. The lowest BCUT2D eigenvalue weighted by atomic mass is 10.1. The van der Waals surface area contributed by atoms with Crippen LogP contribution in [0.2, 0.25) is 0 Å². The van der Waals surface area contributed by atoms with Crippen molar-refractivity contribution >= 4 is 27.5 Å². The lowest BCUT2D eigenvalue weighted by molar-refractivity contribution is -0.117. The van der Waals surface area contributed by atoms with Crippen LogP contribution < -0.4 is 5.73 Å². The Bertz CT molecular complexity index is 611. The van der Waals surface area contributed by atoms with Crippen molar-refractivity contribution in [1.29, 1.82) is 0 Å². The van der Waals surface area contributed by atoms with Crippen LogP contribution >= 0.6 is 11.8 Å². The van der Waals surface area contributed by atoms with E-state index in [-0.39, 0.29) is 22.7 Å². The predicted octanol–water partition coefficient (Wildman–Crippen LogP) is -0.242. The molecule has 2 heterocycles. The van der Waals surface area contributed by atoms with Crippen LogP contribution in [0.15, 0.2) is 5.16 Å². The molecular weight excluding hydrogens is 300 g/mol. The topological polar surface area (TPSA) is 108 Å². The van der Waals surface area contributed by atoms with Gasteiger partial charge in [0.1, 0.15) is 5.82 Å². The van der Waals surface area contributed by atoms with Crippen molar-refractivity contribution in [2.24, 2.45) is 18.7 Å². The van der Waals surface area contributed by atoms with E-state index in [2.05, 4.69) is 10.2 Å². The summed E-state index contributed by atoms with van der Waals surface area (Å²) >= 11 is 1.25. The number of rotatable bonds is 5. The second kappa shape index (κ2) is 5.72. The van der Waals surface area contributed by atoms with Gasteiger partial charge in [0, 0.05) is 13.5 Å². The maximum absolute atomic E-state index is 11.4. The first-order valence-corrected chi connectivity index (χ1v) is 9.03. The number of nitrogens with zero attached hydrogens (tertiary/aromatic N) is 3. The second-order valence-corrected chi connectivity index (χ2v) is 8.63. The van der Waals surface area contributed by atoms with E-state index >= 15 is 0 Å². The Hall–Kier alpha value is -1.09. The Morgan fingerprint density at radius 3 is 2.80 bits per heavy atom. The summed E-state index contributed by atoms with van der Waals surface area (Å²) in [6, 6.07) is 0. The van der Waals surface area contributed by atoms with Crippen molar-refractivity contribution in [2.75, 3.05) is 11.5 Å². The van der Waals surface area contributed by atoms with E-state index in [1.165, 1.54) is 11.8 Å². The van der Waals surface area contributed by atoms with Gasteiger partial charge in [-0.05, 0) is 19.3 Å². The molecule has 0 aromatic carbocycles. The summed E-state index contributed by atoms with van der Waals surface area (Å²) in [6.07, 6.45) is 1.27. The number of carbonyl (C=O) groups is 1. The minimum atomic E-state index is -2.88. The lowest BCUT2D eigenvalue weighted by Gasteiger charge is -2.09. The molecule has 9 heteroatoms. The molecule has 0 saturated carbocycles. The van der Waals surface area contributed by atoms with E-state index < -0.39 is 15.7 Å². The van der Waals surface area contributed by atoms with Gasteiger partial charge in [-0.3, -0.25) is 4.79 Å². The number of hydrogen-bond acceptors (Lipinski definition) is 6. The SMILES string of the molecule is C[C@@H](Sc1nnc(C[C@H]2CCS(=O)(=O)C2)n1C)C(N)=O. The third kappa shape index (κ3) is 3.51. The molecule has 20 heavy (non-hydrogen) atoms. The summed E-state index contributed by atoms with van der Waals surface area (Å²) in [7, 11) is -1.06. The Kier molecular flexibility index (Phi) is 4.38. The zero-order valence-electron chi connectivity index (χ0n) is 11.4. The van der Waals surface area contributed by atoms with Crippen molar-refractivity contribution in [3.63, 3.8) is 0 Å². The highest BCUT2D eigenvalue weighted by Gasteiger charge is 2.29. The zero-order chi connectivity index (χ0) is 14.9. The average molecular weight is 318 g/mol. The van der Waals surface area contributed by atoms with Gasteiger partial charge in [0.05, 0.1) is 16.8 Å². The molecule has 1 aromatic heterocycles. The van der Waals surface area contributed by atoms with Crippen molar-refractivity contribution in [3.05, 3.63) is 5.82 Å². The fourth-order valence-electron chi connectivity index (χ4n) is 2.13. The molecule has 1 amide bonds. The van der Waals surface area contributed by atoms with Crippen LogP contribution in [0.4, 0.5) is 0 Å². The van der Waals surface area contributed by atoms with E-state index in [9.17, 15) is 13.2 Å². The zero-order valence-corrected chi connectivity index (χ0v) is 13.1. The van der Waals surface area contributed by atoms with Crippen molar-refractivity contribution in [1.82, 2.24) is 14.8 Å². The number of hydrogen-bond donors (Lipinski definition) is 1. The molecule has 2 N–H and O–H groups in total. The molecule has 0 radical (unpaired) electrons. The Labute approximate surface area is 122 Å². The summed E-state index contributed by atoms with van der Waals surface area (Å²) in [5.74, 6) is 0.928. The van der Waals surface area contributed by atoms with Gasteiger partial charge in [0.2, 0.25) is 5.91 Å². The smallest absolute Gasteiger partial charge is 0.230 e. The monoisotopic (exact) mass is 318 g/mol.